The van der Waals surface area contributed by atoms with Crippen LogP contribution in [0.3, 0.4) is 0 Å². The van der Waals surface area contributed by atoms with E-state index in [4.69, 9.17) is 9.47 Å². The van der Waals surface area contributed by atoms with Gasteiger partial charge in [-0.15, -0.1) is 6.58 Å². The van der Waals surface area contributed by atoms with Crippen LogP contribution in [0.2, 0.25) is 0 Å². The fraction of sp³-hybridized carbons (Fsp3) is 0.357. The summed E-state index contributed by atoms with van der Waals surface area (Å²) in [6.07, 6.45) is 0.752. The second-order valence-corrected chi connectivity index (χ2v) is 3.82. The molecular weight excluding hydrogens is 246 g/mol. The summed E-state index contributed by atoms with van der Waals surface area (Å²) in [6.45, 7) is 3.70. The second kappa shape index (κ2) is 7.43. The number of rotatable bonds is 6. The number of amides is 1. The maximum atomic E-state index is 11.4. The third-order valence-electron chi connectivity index (χ3n) is 2.77. The second-order valence-electron chi connectivity index (χ2n) is 3.82. The van der Waals surface area contributed by atoms with E-state index in [1.807, 2.05) is 24.3 Å². The van der Waals surface area contributed by atoms with Gasteiger partial charge >= 0.3 is 6.09 Å². The lowest BCUT2D eigenvalue weighted by Crippen LogP contribution is -2.36. The Balaban J connectivity index is 2.99. The van der Waals surface area contributed by atoms with Crippen molar-refractivity contribution >= 4 is 6.09 Å². The normalized spacial score (nSPS) is 13.2. The van der Waals surface area contributed by atoms with Crippen molar-refractivity contribution in [3.63, 3.8) is 0 Å². The first-order valence-corrected chi connectivity index (χ1v) is 5.80. The molecule has 0 aliphatic carbocycles. The Kier molecular flexibility index (Phi) is 5.89. The van der Waals surface area contributed by atoms with Crippen LogP contribution in [-0.2, 0) is 9.47 Å². The maximum Gasteiger partial charge on any atom is 0.407 e. The number of ether oxygens (including phenoxy) is 3. The molecule has 0 radical (unpaired) electrons. The Morgan fingerprint density at radius 2 is 1.89 bits per heavy atom. The van der Waals surface area contributed by atoms with Crippen LogP contribution in [0.25, 0.3) is 0 Å². The van der Waals surface area contributed by atoms with Crippen molar-refractivity contribution in [2.75, 3.05) is 21.3 Å². The molecule has 0 bridgehead atoms. The number of benzene rings is 1. The molecule has 1 N–H and O–H groups in total. The first-order valence-electron chi connectivity index (χ1n) is 5.80. The minimum Gasteiger partial charge on any atom is -0.497 e. The average molecular weight is 265 g/mol. The number of methoxy groups -OCH3 is 3. The SMILES string of the molecule is C=C[C@H](OC)[C@H](NC(=O)OC)c1ccc(OC)cc1. The van der Waals surface area contributed by atoms with Crippen LogP contribution in [0.1, 0.15) is 11.6 Å². The summed E-state index contributed by atoms with van der Waals surface area (Å²) in [7, 11) is 4.47. The fourth-order valence-electron chi connectivity index (χ4n) is 1.72. The zero-order chi connectivity index (χ0) is 14.3. The molecule has 1 amide bonds. The lowest BCUT2D eigenvalue weighted by Gasteiger charge is -2.24. The number of nitrogens with one attached hydrogen (secondary N) is 1. The predicted octanol–water partition coefficient (Wildman–Crippen LogP) is 2.29. The highest BCUT2D eigenvalue weighted by molar-refractivity contribution is 5.67. The number of alkyl carbamates (subject to hydrolysis) is 1. The molecule has 0 saturated carbocycles. The van der Waals surface area contributed by atoms with Gasteiger partial charge in [-0.3, -0.25) is 0 Å². The van der Waals surface area contributed by atoms with Gasteiger partial charge < -0.3 is 19.5 Å². The molecule has 0 aliphatic heterocycles. The number of hydrogen-bond acceptors (Lipinski definition) is 4. The molecule has 1 aromatic carbocycles. The molecule has 19 heavy (non-hydrogen) atoms. The molecule has 1 aromatic rings. The van der Waals surface area contributed by atoms with Crippen LogP contribution in [0.5, 0.6) is 5.75 Å². The third kappa shape index (κ3) is 3.99. The van der Waals surface area contributed by atoms with E-state index in [-0.39, 0.29) is 12.1 Å². The summed E-state index contributed by atoms with van der Waals surface area (Å²) in [6, 6.07) is 6.97. The van der Waals surface area contributed by atoms with Gasteiger partial charge in [-0.1, -0.05) is 18.2 Å². The van der Waals surface area contributed by atoms with Gasteiger partial charge in [0.25, 0.3) is 0 Å². The smallest absolute Gasteiger partial charge is 0.407 e. The van der Waals surface area contributed by atoms with Crippen LogP contribution < -0.4 is 10.1 Å². The highest BCUT2D eigenvalue weighted by atomic mass is 16.5. The summed E-state index contributed by atoms with van der Waals surface area (Å²) in [5, 5.41) is 2.72. The fourth-order valence-corrected chi connectivity index (χ4v) is 1.72. The third-order valence-corrected chi connectivity index (χ3v) is 2.77. The number of carbonyl (C=O) groups excluding carboxylic acids is 1. The highest BCUT2D eigenvalue weighted by Gasteiger charge is 2.23. The molecule has 0 saturated heterocycles. The van der Waals surface area contributed by atoms with Crippen molar-refractivity contribution in [3.05, 3.63) is 42.5 Å². The van der Waals surface area contributed by atoms with E-state index in [0.29, 0.717) is 0 Å². The van der Waals surface area contributed by atoms with E-state index in [2.05, 4.69) is 16.6 Å². The van der Waals surface area contributed by atoms with Crippen LogP contribution >= 0.6 is 0 Å². The average Bonchev–Trinajstić information content (AvgIpc) is 2.47. The molecule has 104 valence electrons. The molecule has 0 spiro atoms. The van der Waals surface area contributed by atoms with Crippen molar-refractivity contribution in [2.45, 2.75) is 12.1 Å². The standard InChI is InChI=1S/C14H19NO4/c1-5-12(18-3)13(15-14(16)19-4)10-6-8-11(17-2)9-7-10/h5-9,12-13H,1H2,2-4H3,(H,15,16)/t12-,13+/m0/s1. The lowest BCUT2D eigenvalue weighted by atomic mass is 10.0. The van der Waals surface area contributed by atoms with Crippen LogP contribution in [0.15, 0.2) is 36.9 Å². The van der Waals surface area contributed by atoms with Crippen molar-refractivity contribution in [3.8, 4) is 5.75 Å². The summed E-state index contributed by atoms with van der Waals surface area (Å²) in [4.78, 5) is 11.4. The lowest BCUT2D eigenvalue weighted by molar-refractivity contribution is 0.0983. The molecule has 0 aromatic heterocycles. The summed E-state index contributed by atoms with van der Waals surface area (Å²) >= 11 is 0. The van der Waals surface area contributed by atoms with Gasteiger partial charge in [-0.2, -0.15) is 0 Å². The van der Waals surface area contributed by atoms with Gasteiger partial charge in [0.2, 0.25) is 0 Å². The topological polar surface area (TPSA) is 56.8 Å². The van der Waals surface area contributed by atoms with E-state index in [1.54, 1.807) is 20.3 Å². The van der Waals surface area contributed by atoms with Crippen molar-refractivity contribution in [2.24, 2.45) is 0 Å². The largest absolute Gasteiger partial charge is 0.497 e. The van der Waals surface area contributed by atoms with Gasteiger partial charge in [0.05, 0.1) is 26.4 Å². The molecule has 0 fully saturated rings. The van der Waals surface area contributed by atoms with E-state index < -0.39 is 6.09 Å². The highest BCUT2D eigenvalue weighted by Crippen LogP contribution is 2.22. The predicted molar refractivity (Wildman–Crippen MR) is 72.3 cm³/mol. The summed E-state index contributed by atoms with van der Waals surface area (Å²) in [5.41, 5.74) is 0.873. The Morgan fingerprint density at radius 3 is 2.32 bits per heavy atom. The molecule has 1 rings (SSSR count). The maximum absolute atomic E-state index is 11.4. The minimum atomic E-state index is -0.523. The van der Waals surface area contributed by atoms with E-state index >= 15 is 0 Å². The van der Waals surface area contributed by atoms with Crippen molar-refractivity contribution < 1.29 is 19.0 Å². The Morgan fingerprint density at radius 1 is 1.26 bits per heavy atom. The van der Waals surface area contributed by atoms with Crippen LogP contribution in [0, 0.1) is 0 Å². The zero-order valence-corrected chi connectivity index (χ0v) is 11.4. The van der Waals surface area contributed by atoms with Gasteiger partial charge in [0, 0.05) is 7.11 Å². The van der Waals surface area contributed by atoms with Crippen molar-refractivity contribution in [1.29, 1.82) is 0 Å². The number of hydrogen-bond donors (Lipinski definition) is 1. The van der Waals surface area contributed by atoms with Gasteiger partial charge in [-0.05, 0) is 17.7 Å². The molecule has 5 heteroatoms. The van der Waals surface area contributed by atoms with Gasteiger partial charge in [0.15, 0.2) is 0 Å². The van der Waals surface area contributed by atoms with Crippen LogP contribution in [-0.4, -0.2) is 33.5 Å². The molecule has 0 unspecified atom stereocenters. The molecule has 5 nitrogen and oxygen atoms in total. The van der Waals surface area contributed by atoms with E-state index in [1.165, 1.54) is 7.11 Å². The first kappa shape index (κ1) is 15.0. The summed E-state index contributed by atoms with van der Waals surface area (Å²) in [5.74, 6) is 0.744. The first-order chi connectivity index (χ1) is 9.15. The van der Waals surface area contributed by atoms with Gasteiger partial charge in [-0.25, -0.2) is 4.79 Å². The zero-order valence-electron chi connectivity index (χ0n) is 11.4. The molecule has 2 atom stereocenters. The molecule has 0 heterocycles. The monoisotopic (exact) mass is 265 g/mol. The van der Waals surface area contributed by atoms with E-state index in [9.17, 15) is 4.79 Å². The van der Waals surface area contributed by atoms with Crippen molar-refractivity contribution in [1.82, 2.24) is 5.32 Å². The Hall–Kier alpha value is -2.01. The van der Waals surface area contributed by atoms with E-state index in [0.717, 1.165) is 11.3 Å². The Bertz CT molecular complexity index is 416. The molecular formula is C14H19NO4. The minimum absolute atomic E-state index is 0.354. The van der Waals surface area contributed by atoms with Crippen LogP contribution in [0.4, 0.5) is 4.79 Å². The van der Waals surface area contributed by atoms with Gasteiger partial charge in [0.1, 0.15) is 5.75 Å². The Labute approximate surface area is 113 Å². The quantitative estimate of drug-likeness (QED) is 0.802. The number of carbonyl (C=O) groups is 1. The summed E-state index contributed by atoms with van der Waals surface area (Å²) < 4.78 is 15.0. The molecule has 0 aliphatic rings.